The number of nitrogens with zero attached hydrogens (tertiary/aromatic N) is 4. The number of benzene rings is 2. The maximum atomic E-state index is 13.8. The summed E-state index contributed by atoms with van der Waals surface area (Å²) in [6.45, 7) is 10.1. The number of aromatic nitrogens is 3. The van der Waals surface area contributed by atoms with Crippen molar-refractivity contribution in [2.45, 2.75) is 26.8 Å². The van der Waals surface area contributed by atoms with Gasteiger partial charge in [0.15, 0.2) is 10.9 Å². The molecule has 3 aromatic heterocycles. The van der Waals surface area contributed by atoms with Crippen LogP contribution in [0.2, 0.25) is 0 Å². The van der Waals surface area contributed by atoms with Crippen molar-refractivity contribution in [2.24, 2.45) is 0 Å². The van der Waals surface area contributed by atoms with Gasteiger partial charge in [0.25, 0.3) is 5.78 Å². The van der Waals surface area contributed by atoms with Gasteiger partial charge < -0.3 is 19.0 Å². The summed E-state index contributed by atoms with van der Waals surface area (Å²) in [6.07, 6.45) is 3.47. The number of hydrogen-bond donors (Lipinski definition) is 1. The van der Waals surface area contributed by atoms with Crippen LogP contribution < -0.4 is 14.4 Å². The molecule has 0 spiro atoms. The average molecular weight is 581 g/mol. The number of carbonyl (C=O) groups excluding carboxylic acids is 2. The Morgan fingerprint density at radius 2 is 1.88 bits per heavy atom. The number of carbonyl (C=O) groups is 2. The number of ether oxygens (including phenoxy) is 2. The van der Waals surface area contributed by atoms with Crippen LogP contribution in [0.15, 0.2) is 79.0 Å². The Kier molecular flexibility index (Phi) is 6.99. The van der Waals surface area contributed by atoms with Crippen molar-refractivity contribution in [3.05, 3.63) is 102 Å². The van der Waals surface area contributed by atoms with Crippen LogP contribution in [0.5, 0.6) is 11.5 Å². The van der Waals surface area contributed by atoms with E-state index in [1.807, 2.05) is 61.7 Å². The number of amides is 1. The van der Waals surface area contributed by atoms with Crippen LogP contribution in [0.1, 0.15) is 35.5 Å². The molecular formula is C32H28N4O5S. The van der Waals surface area contributed by atoms with Crippen molar-refractivity contribution < 1.29 is 24.2 Å². The minimum atomic E-state index is -0.977. The molecule has 1 atom stereocenters. The molecule has 42 heavy (non-hydrogen) atoms. The van der Waals surface area contributed by atoms with E-state index in [0.29, 0.717) is 45.7 Å². The summed E-state index contributed by atoms with van der Waals surface area (Å²) < 4.78 is 14.0. The van der Waals surface area contributed by atoms with Gasteiger partial charge in [0, 0.05) is 6.20 Å². The van der Waals surface area contributed by atoms with Crippen LogP contribution in [-0.4, -0.2) is 44.4 Å². The fourth-order valence-electron chi connectivity index (χ4n) is 5.20. The minimum Gasteiger partial charge on any atom is -0.505 e. The molecule has 212 valence electrons. The molecule has 9 nitrogen and oxygen atoms in total. The third-order valence-corrected chi connectivity index (χ3v) is 8.18. The minimum absolute atomic E-state index is 0.0701. The lowest BCUT2D eigenvalue weighted by atomic mass is 9.96. The molecule has 1 aliphatic rings. The van der Waals surface area contributed by atoms with Gasteiger partial charge in [-0.3, -0.25) is 14.5 Å². The van der Waals surface area contributed by atoms with Gasteiger partial charge in [0.05, 0.1) is 34.1 Å². The quantitative estimate of drug-likeness (QED) is 0.102. The molecule has 1 unspecified atom stereocenters. The Morgan fingerprint density at radius 1 is 1.07 bits per heavy atom. The van der Waals surface area contributed by atoms with Crippen LogP contribution in [0.25, 0.3) is 21.6 Å². The van der Waals surface area contributed by atoms with Crippen molar-refractivity contribution >= 4 is 49.8 Å². The van der Waals surface area contributed by atoms with Gasteiger partial charge in [0.2, 0.25) is 0 Å². The number of aliphatic hydroxyl groups excluding tert-OH is 1. The van der Waals surface area contributed by atoms with Gasteiger partial charge in [0.1, 0.15) is 29.4 Å². The summed E-state index contributed by atoms with van der Waals surface area (Å²) in [6, 6.07) is 15.4. The lowest BCUT2D eigenvalue weighted by molar-refractivity contribution is -0.132. The third-order valence-electron chi connectivity index (χ3n) is 7.16. The van der Waals surface area contributed by atoms with Crippen molar-refractivity contribution in [2.75, 3.05) is 18.1 Å². The van der Waals surface area contributed by atoms with Gasteiger partial charge in [-0.25, -0.2) is 9.97 Å². The Balaban J connectivity index is 1.56. The van der Waals surface area contributed by atoms with E-state index < -0.39 is 17.7 Å². The Morgan fingerprint density at radius 3 is 2.64 bits per heavy atom. The van der Waals surface area contributed by atoms with Crippen LogP contribution in [0.4, 0.5) is 5.13 Å². The van der Waals surface area contributed by atoms with E-state index in [-0.39, 0.29) is 23.6 Å². The monoisotopic (exact) mass is 580 g/mol. The number of aryl methyl sites for hydroxylation is 2. The van der Waals surface area contributed by atoms with Gasteiger partial charge in [-0.15, -0.1) is 0 Å². The van der Waals surface area contributed by atoms with Crippen LogP contribution in [0.3, 0.4) is 0 Å². The molecule has 10 heteroatoms. The first kappa shape index (κ1) is 27.2. The van der Waals surface area contributed by atoms with Crippen molar-refractivity contribution in [3.63, 3.8) is 0 Å². The van der Waals surface area contributed by atoms with E-state index in [2.05, 4.69) is 11.6 Å². The van der Waals surface area contributed by atoms with Gasteiger partial charge in [-0.1, -0.05) is 42.2 Å². The number of fused-ring (bicyclic) bond motifs is 2. The highest BCUT2D eigenvalue weighted by atomic mass is 32.1. The molecule has 1 amide bonds. The summed E-state index contributed by atoms with van der Waals surface area (Å²) in [4.78, 5) is 38.2. The van der Waals surface area contributed by atoms with Crippen molar-refractivity contribution in [1.29, 1.82) is 0 Å². The molecule has 0 radical (unpaired) electrons. The SMILES string of the molecule is C=CCOc1cccc(C2C(=C(O)c3nc4c(C)cccn4c3C)C(=O)C(=O)N2c2nc3ccc(OCC)cc3s2)c1. The fraction of sp³-hybridized carbons (Fsp3) is 0.188. The van der Waals surface area contributed by atoms with Crippen LogP contribution in [-0.2, 0) is 9.59 Å². The summed E-state index contributed by atoms with van der Waals surface area (Å²) in [5, 5.41) is 12.1. The van der Waals surface area contributed by atoms with Gasteiger partial charge >= 0.3 is 5.91 Å². The lowest BCUT2D eigenvalue weighted by Crippen LogP contribution is -2.29. The Bertz CT molecular complexity index is 1920. The number of aliphatic hydroxyl groups is 1. The number of ketones is 1. The van der Waals surface area contributed by atoms with Crippen LogP contribution >= 0.6 is 11.3 Å². The zero-order valence-corrected chi connectivity index (χ0v) is 24.1. The van der Waals surface area contributed by atoms with E-state index in [1.165, 1.54) is 16.2 Å². The Hall–Kier alpha value is -4.96. The summed E-state index contributed by atoms with van der Waals surface area (Å²) in [7, 11) is 0. The molecule has 1 fully saturated rings. The first-order chi connectivity index (χ1) is 20.3. The highest BCUT2D eigenvalue weighted by Gasteiger charge is 2.48. The number of pyridine rings is 1. The number of imidazole rings is 1. The van der Waals surface area contributed by atoms with Gasteiger partial charge in [-0.2, -0.15) is 0 Å². The molecular weight excluding hydrogens is 552 g/mol. The number of rotatable bonds is 8. The highest BCUT2D eigenvalue weighted by Crippen LogP contribution is 2.45. The van der Waals surface area contributed by atoms with Gasteiger partial charge in [-0.05, 0) is 68.3 Å². The van der Waals surface area contributed by atoms with E-state index in [0.717, 1.165) is 10.3 Å². The lowest BCUT2D eigenvalue weighted by Gasteiger charge is -2.23. The topological polar surface area (TPSA) is 106 Å². The van der Waals surface area contributed by atoms with E-state index >= 15 is 0 Å². The first-order valence-corrected chi connectivity index (χ1v) is 14.3. The predicted molar refractivity (Wildman–Crippen MR) is 162 cm³/mol. The number of hydrogen-bond acceptors (Lipinski definition) is 8. The zero-order chi connectivity index (χ0) is 29.5. The average Bonchev–Trinajstić information content (AvgIpc) is 3.64. The number of thiazole rings is 1. The molecule has 1 saturated heterocycles. The second kappa shape index (κ2) is 10.8. The van der Waals surface area contributed by atoms with Crippen molar-refractivity contribution in [3.8, 4) is 11.5 Å². The Labute approximate surface area is 246 Å². The molecule has 0 aliphatic carbocycles. The third kappa shape index (κ3) is 4.50. The molecule has 1 N–H and O–H groups in total. The molecule has 5 aromatic rings. The molecule has 0 bridgehead atoms. The molecule has 1 aliphatic heterocycles. The fourth-order valence-corrected chi connectivity index (χ4v) is 6.22. The second-order valence-electron chi connectivity index (χ2n) is 9.83. The van der Waals surface area contributed by atoms with E-state index in [9.17, 15) is 14.7 Å². The summed E-state index contributed by atoms with van der Waals surface area (Å²) >= 11 is 1.27. The van der Waals surface area contributed by atoms with E-state index in [4.69, 9.17) is 14.5 Å². The number of Topliss-reactive ketones (excluding diaryl/α,β-unsaturated/α-hetero) is 1. The maximum Gasteiger partial charge on any atom is 0.301 e. The zero-order valence-electron chi connectivity index (χ0n) is 23.3. The van der Waals surface area contributed by atoms with Crippen LogP contribution in [0, 0.1) is 13.8 Å². The molecule has 6 rings (SSSR count). The first-order valence-electron chi connectivity index (χ1n) is 13.4. The summed E-state index contributed by atoms with van der Waals surface area (Å²) in [5.74, 6) is -0.747. The largest absolute Gasteiger partial charge is 0.505 e. The predicted octanol–water partition coefficient (Wildman–Crippen LogP) is 6.15. The van der Waals surface area contributed by atoms with Crippen molar-refractivity contribution in [1.82, 2.24) is 14.4 Å². The normalized spacial score (nSPS) is 16.5. The standard InChI is InChI=1S/C32H28N4O5S/c1-5-15-41-21-11-7-10-20(16-21)27-25(28(37)26-19(4)35-14-8-9-18(3)30(35)34-26)29(38)31(39)36(27)32-33-23-13-12-22(40-6-2)17-24(23)42-32/h5,7-14,16-17,27,37H,1,6,15H2,2-4H3. The second-order valence-corrected chi connectivity index (χ2v) is 10.8. The molecule has 2 aromatic carbocycles. The van der Waals surface area contributed by atoms with E-state index in [1.54, 1.807) is 30.3 Å². The molecule has 4 heterocycles. The smallest absolute Gasteiger partial charge is 0.301 e. The highest BCUT2D eigenvalue weighted by molar-refractivity contribution is 7.22. The maximum absolute atomic E-state index is 13.8. The summed E-state index contributed by atoms with van der Waals surface area (Å²) in [5.41, 5.74) is 3.60. The molecule has 0 saturated carbocycles. The number of anilines is 1.